The van der Waals surface area contributed by atoms with Gasteiger partial charge in [0.15, 0.2) is 12.4 Å². The summed E-state index contributed by atoms with van der Waals surface area (Å²) in [6.07, 6.45) is 5.03. The largest absolute Gasteiger partial charge is 0.451 e. The zero-order valence-electron chi connectivity index (χ0n) is 24.7. The third-order valence-corrected chi connectivity index (χ3v) is 7.65. The molecule has 2 heterocycles. The molecule has 0 bridgehead atoms. The molecular weight excluding hydrogens is 552 g/mol. The van der Waals surface area contributed by atoms with E-state index in [0.717, 1.165) is 25.3 Å². The average molecular weight is 605 g/mol. The first kappa shape index (κ1) is 36.7. The van der Waals surface area contributed by atoms with E-state index in [0.29, 0.717) is 0 Å². The van der Waals surface area contributed by atoms with E-state index in [9.17, 15) is 40.5 Å². The third-order valence-electron chi connectivity index (χ3n) is 7.65. The molecule has 0 amide bonds. The Morgan fingerprint density at radius 3 is 1.76 bits per heavy atom. The van der Waals surface area contributed by atoms with Crippen LogP contribution >= 0.6 is 0 Å². The molecule has 7 N–H and O–H groups in total. The van der Waals surface area contributed by atoms with Crippen LogP contribution in [0.25, 0.3) is 0 Å². The molecule has 0 unspecified atom stereocenters. The van der Waals surface area contributed by atoms with Gasteiger partial charge in [-0.1, -0.05) is 89.4 Å². The van der Waals surface area contributed by atoms with Gasteiger partial charge in [-0.15, -0.1) is 0 Å². The number of allylic oxidation sites excluding steroid dienone is 3. The molecule has 2 aliphatic rings. The SMILES string of the molecule is CCCCCCCCCCCCC/C=C/C=C/C(=O)O[C@H]1[C@@H](O[C@H]2O[C@H](CO)[C@@H](O)[C@H](O)[C@H]2O)O[C@H](CO)[C@@H](O)[C@@H]1O. The Hall–Kier alpha value is -1.45. The number of unbranched alkanes of at least 4 members (excludes halogenated alkanes) is 11. The highest BCUT2D eigenvalue weighted by atomic mass is 16.8. The molecule has 244 valence electrons. The fourth-order valence-electron chi connectivity index (χ4n) is 5.01. The van der Waals surface area contributed by atoms with Crippen LogP contribution < -0.4 is 0 Å². The van der Waals surface area contributed by atoms with Gasteiger partial charge in [0.1, 0.15) is 42.7 Å². The molecule has 0 spiro atoms. The van der Waals surface area contributed by atoms with Crippen LogP contribution in [0.4, 0.5) is 0 Å². The van der Waals surface area contributed by atoms with E-state index in [-0.39, 0.29) is 0 Å². The number of hydrogen-bond donors (Lipinski definition) is 7. The smallest absolute Gasteiger partial charge is 0.331 e. The lowest BCUT2D eigenvalue weighted by Crippen LogP contribution is -2.64. The van der Waals surface area contributed by atoms with E-state index < -0.39 is 80.6 Å². The van der Waals surface area contributed by atoms with Gasteiger partial charge in [0.05, 0.1) is 13.2 Å². The molecule has 10 atom stereocenters. The Morgan fingerprint density at radius 2 is 1.19 bits per heavy atom. The lowest BCUT2D eigenvalue weighted by molar-refractivity contribution is -0.376. The molecule has 0 radical (unpaired) electrons. The van der Waals surface area contributed by atoms with Crippen LogP contribution in [0, 0.1) is 0 Å². The molecule has 0 aromatic carbocycles. The van der Waals surface area contributed by atoms with Gasteiger partial charge in [-0.3, -0.25) is 0 Å². The number of esters is 1. The first-order valence-electron chi connectivity index (χ1n) is 15.4. The Bertz CT molecular complexity index is 790. The minimum Gasteiger partial charge on any atom is -0.451 e. The number of carbonyl (C=O) groups is 1. The lowest BCUT2D eigenvalue weighted by atomic mass is 9.98. The summed E-state index contributed by atoms with van der Waals surface area (Å²) in [5.41, 5.74) is 0. The quantitative estimate of drug-likeness (QED) is 0.0478. The third kappa shape index (κ3) is 11.9. The van der Waals surface area contributed by atoms with Crippen LogP contribution in [-0.2, 0) is 23.7 Å². The number of ether oxygens (including phenoxy) is 4. The van der Waals surface area contributed by atoms with Crippen molar-refractivity contribution in [2.45, 2.75) is 145 Å². The Labute approximate surface area is 248 Å². The maximum absolute atomic E-state index is 12.5. The van der Waals surface area contributed by atoms with Crippen molar-refractivity contribution >= 4 is 5.97 Å². The second-order valence-corrected chi connectivity index (χ2v) is 11.1. The van der Waals surface area contributed by atoms with Crippen molar-refractivity contribution in [2.24, 2.45) is 0 Å². The van der Waals surface area contributed by atoms with Crippen molar-refractivity contribution in [1.29, 1.82) is 0 Å². The summed E-state index contributed by atoms with van der Waals surface area (Å²) in [6.45, 7) is 0.816. The Morgan fingerprint density at radius 1 is 0.667 bits per heavy atom. The molecule has 2 fully saturated rings. The second-order valence-electron chi connectivity index (χ2n) is 11.1. The van der Waals surface area contributed by atoms with Crippen molar-refractivity contribution in [1.82, 2.24) is 0 Å². The predicted octanol–water partition coefficient (Wildman–Crippen LogP) is 0.967. The van der Waals surface area contributed by atoms with Gasteiger partial charge in [-0.2, -0.15) is 0 Å². The van der Waals surface area contributed by atoms with Gasteiger partial charge in [-0.05, 0) is 12.8 Å². The van der Waals surface area contributed by atoms with Gasteiger partial charge in [0.2, 0.25) is 6.29 Å². The molecule has 0 aromatic heterocycles. The van der Waals surface area contributed by atoms with E-state index in [1.54, 1.807) is 6.08 Å². The van der Waals surface area contributed by atoms with Gasteiger partial charge in [0, 0.05) is 6.08 Å². The fraction of sp³-hybridized carbons (Fsp3) is 0.833. The second kappa shape index (κ2) is 20.5. The van der Waals surface area contributed by atoms with Crippen LogP contribution in [0.3, 0.4) is 0 Å². The van der Waals surface area contributed by atoms with Gasteiger partial charge in [0.25, 0.3) is 0 Å². The first-order chi connectivity index (χ1) is 20.2. The summed E-state index contributed by atoms with van der Waals surface area (Å²) in [4.78, 5) is 12.5. The average Bonchev–Trinajstić information content (AvgIpc) is 2.98. The normalized spacial score (nSPS) is 33.9. The van der Waals surface area contributed by atoms with Crippen LogP contribution in [0.15, 0.2) is 24.3 Å². The summed E-state index contributed by atoms with van der Waals surface area (Å²) in [6, 6.07) is 0. The van der Waals surface area contributed by atoms with Crippen LogP contribution in [0.5, 0.6) is 0 Å². The van der Waals surface area contributed by atoms with Crippen molar-refractivity contribution < 1.29 is 59.5 Å². The van der Waals surface area contributed by atoms with E-state index in [4.69, 9.17) is 18.9 Å². The molecule has 0 aromatic rings. The fourth-order valence-corrected chi connectivity index (χ4v) is 5.01. The number of aliphatic hydroxyl groups excluding tert-OH is 7. The highest BCUT2D eigenvalue weighted by Crippen LogP contribution is 2.29. The monoisotopic (exact) mass is 604 g/mol. The van der Waals surface area contributed by atoms with Crippen molar-refractivity contribution in [3.8, 4) is 0 Å². The highest BCUT2D eigenvalue weighted by molar-refractivity contribution is 5.82. The topological polar surface area (TPSA) is 196 Å². The number of hydrogen-bond acceptors (Lipinski definition) is 12. The molecule has 0 saturated carbocycles. The maximum Gasteiger partial charge on any atom is 0.331 e. The summed E-state index contributed by atoms with van der Waals surface area (Å²) in [5.74, 6) is -0.876. The molecule has 2 aliphatic heterocycles. The van der Waals surface area contributed by atoms with Crippen LogP contribution in [0.2, 0.25) is 0 Å². The van der Waals surface area contributed by atoms with Crippen molar-refractivity contribution in [2.75, 3.05) is 13.2 Å². The first-order valence-corrected chi connectivity index (χ1v) is 15.4. The molecule has 12 heteroatoms. The standard InChI is InChI=1S/C30H52O12/c1-2-3-4-5-6-7-8-9-10-11-12-13-14-15-16-17-22(33)41-28-26(37)24(35)21(19-32)40-30(28)42-29-27(38)25(36)23(34)20(18-31)39-29/h14-17,20-21,23-32,34-38H,2-13,18-19H2,1H3/b15-14+,17-16+/t20-,21-,23-,24-,25+,26+,27-,28-,29-,30-/m1/s1. The zero-order valence-corrected chi connectivity index (χ0v) is 24.7. The predicted molar refractivity (Wildman–Crippen MR) is 152 cm³/mol. The summed E-state index contributed by atoms with van der Waals surface area (Å²) >= 11 is 0. The van der Waals surface area contributed by atoms with E-state index in [2.05, 4.69) is 6.92 Å². The van der Waals surface area contributed by atoms with E-state index in [1.807, 2.05) is 6.08 Å². The molecule has 2 saturated heterocycles. The molecule has 2 rings (SSSR count). The number of carbonyl (C=O) groups excluding carboxylic acids is 1. The van der Waals surface area contributed by atoms with E-state index >= 15 is 0 Å². The minimum absolute atomic E-state index is 0.701. The summed E-state index contributed by atoms with van der Waals surface area (Å²) in [5, 5.41) is 70.0. The molecule has 12 nitrogen and oxygen atoms in total. The van der Waals surface area contributed by atoms with Gasteiger partial charge >= 0.3 is 5.97 Å². The molecule has 42 heavy (non-hydrogen) atoms. The molecular formula is C30H52O12. The molecule has 0 aliphatic carbocycles. The van der Waals surface area contributed by atoms with Crippen molar-refractivity contribution in [3.05, 3.63) is 24.3 Å². The van der Waals surface area contributed by atoms with Gasteiger partial charge < -0.3 is 54.7 Å². The highest BCUT2D eigenvalue weighted by Gasteiger charge is 2.51. The van der Waals surface area contributed by atoms with E-state index in [1.165, 1.54) is 63.9 Å². The maximum atomic E-state index is 12.5. The van der Waals surface area contributed by atoms with Gasteiger partial charge in [-0.25, -0.2) is 4.79 Å². The summed E-state index contributed by atoms with van der Waals surface area (Å²) in [7, 11) is 0. The zero-order chi connectivity index (χ0) is 30.9. The number of aliphatic hydroxyl groups is 7. The number of rotatable bonds is 19. The van der Waals surface area contributed by atoms with Crippen molar-refractivity contribution in [3.63, 3.8) is 0 Å². The Kier molecular flexibility index (Phi) is 17.9. The van der Waals surface area contributed by atoms with Crippen LogP contribution in [0.1, 0.15) is 84.0 Å². The minimum atomic E-state index is -1.79. The Balaban J connectivity index is 1.79. The summed E-state index contributed by atoms with van der Waals surface area (Å²) < 4.78 is 21.5. The van der Waals surface area contributed by atoms with Crippen LogP contribution in [-0.4, -0.2) is 116 Å². The lowest BCUT2D eigenvalue weighted by Gasteiger charge is -2.45.